The second-order valence-corrected chi connectivity index (χ2v) is 2.51. The summed E-state index contributed by atoms with van der Waals surface area (Å²) >= 11 is 0. The maximum atomic E-state index is 11.8. The van der Waals surface area contributed by atoms with Gasteiger partial charge < -0.3 is 10.5 Å². The molecule has 0 aromatic heterocycles. The van der Waals surface area contributed by atoms with Gasteiger partial charge in [0.25, 0.3) is 6.43 Å². The summed E-state index contributed by atoms with van der Waals surface area (Å²) in [5.41, 5.74) is 6.13. The van der Waals surface area contributed by atoms with Gasteiger partial charge in [0.2, 0.25) is 0 Å². The Balaban J connectivity index is 2.64. The van der Waals surface area contributed by atoms with Crippen LogP contribution in [0.3, 0.4) is 0 Å². The molecule has 2 N–H and O–H groups in total. The SMILES string of the molecule is NCc1ccccc1OCC(F)F. The zero-order chi connectivity index (χ0) is 9.68. The van der Waals surface area contributed by atoms with Gasteiger partial charge in [-0.2, -0.15) is 0 Å². The van der Waals surface area contributed by atoms with Crippen LogP contribution in [-0.2, 0) is 6.54 Å². The predicted octanol–water partition coefficient (Wildman–Crippen LogP) is 1.79. The van der Waals surface area contributed by atoms with Gasteiger partial charge in [0, 0.05) is 12.1 Å². The zero-order valence-corrected chi connectivity index (χ0v) is 7.04. The average molecular weight is 187 g/mol. The highest BCUT2D eigenvalue weighted by molar-refractivity contribution is 5.32. The molecule has 72 valence electrons. The highest BCUT2D eigenvalue weighted by atomic mass is 19.3. The summed E-state index contributed by atoms with van der Waals surface area (Å²) in [6.07, 6.45) is -2.45. The Hall–Kier alpha value is -1.16. The summed E-state index contributed by atoms with van der Waals surface area (Å²) in [5, 5.41) is 0. The van der Waals surface area contributed by atoms with Crippen molar-refractivity contribution in [2.45, 2.75) is 13.0 Å². The van der Waals surface area contributed by atoms with Crippen LogP contribution in [0.5, 0.6) is 5.75 Å². The number of rotatable bonds is 4. The number of alkyl halides is 2. The van der Waals surface area contributed by atoms with Crippen LogP contribution in [0.25, 0.3) is 0 Å². The molecule has 0 saturated carbocycles. The Bertz CT molecular complexity index is 266. The summed E-state index contributed by atoms with van der Waals surface area (Å²) < 4.78 is 28.5. The Kier molecular flexibility index (Phi) is 3.64. The van der Waals surface area contributed by atoms with E-state index in [4.69, 9.17) is 10.5 Å². The number of benzene rings is 1. The van der Waals surface area contributed by atoms with Crippen LogP contribution in [0.4, 0.5) is 8.78 Å². The standard InChI is InChI=1S/C9H11F2NO/c10-9(11)6-13-8-4-2-1-3-7(8)5-12/h1-4,9H,5-6,12H2. The van der Waals surface area contributed by atoms with Gasteiger partial charge in [0.05, 0.1) is 0 Å². The fourth-order valence-corrected chi connectivity index (χ4v) is 0.966. The minimum Gasteiger partial charge on any atom is -0.487 e. The lowest BCUT2D eigenvalue weighted by molar-refractivity contribution is 0.0814. The van der Waals surface area contributed by atoms with Crippen molar-refractivity contribution < 1.29 is 13.5 Å². The van der Waals surface area contributed by atoms with E-state index in [0.717, 1.165) is 5.56 Å². The second kappa shape index (κ2) is 4.77. The molecule has 0 aliphatic carbocycles. The van der Waals surface area contributed by atoms with Gasteiger partial charge in [-0.25, -0.2) is 8.78 Å². The van der Waals surface area contributed by atoms with E-state index in [1.807, 2.05) is 0 Å². The predicted molar refractivity (Wildman–Crippen MR) is 45.8 cm³/mol. The summed E-state index contributed by atoms with van der Waals surface area (Å²) in [6.45, 7) is -0.295. The first-order chi connectivity index (χ1) is 6.24. The minimum absolute atomic E-state index is 0.291. The Morgan fingerprint density at radius 3 is 2.62 bits per heavy atom. The third-order valence-corrected chi connectivity index (χ3v) is 1.56. The first-order valence-electron chi connectivity index (χ1n) is 3.93. The molecular weight excluding hydrogens is 176 g/mol. The summed E-state index contributed by atoms with van der Waals surface area (Å²) in [7, 11) is 0. The maximum absolute atomic E-state index is 11.8. The molecule has 13 heavy (non-hydrogen) atoms. The molecule has 0 spiro atoms. The van der Waals surface area contributed by atoms with Crippen LogP contribution >= 0.6 is 0 Å². The Morgan fingerprint density at radius 2 is 2.00 bits per heavy atom. The van der Waals surface area contributed by atoms with E-state index in [1.165, 1.54) is 0 Å². The molecule has 0 fully saturated rings. The lowest BCUT2D eigenvalue weighted by Crippen LogP contribution is -2.09. The van der Waals surface area contributed by atoms with E-state index < -0.39 is 13.0 Å². The van der Waals surface area contributed by atoms with E-state index in [-0.39, 0.29) is 0 Å². The molecule has 0 aliphatic heterocycles. The lowest BCUT2D eigenvalue weighted by atomic mass is 10.2. The van der Waals surface area contributed by atoms with E-state index in [2.05, 4.69) is 0 Å². The monoisotopic (exact) mass is 187 g/mol. The minimum atomic E-state index is -2.45. The number of para-hydroxylation sites is 1. The fourth-order valence-electron chi connectivity index (χ4n) is 0.966. The van der Waals surface area contributed by atoms with Crippen LogP contribution in [0.1, 0.15) is 5.56 Å². The number of hydrogen-bond acceptors (Lipinski definition) is 2. The summed E-state index contributed by atoms with van der Waals surface area (Å²) in [4.78, 5) is 0. The maximum Gasteiger partial charge on any atom is 0.272 e. The molecule has 0 aliphatic rings. The van der Waals surface area contributed by atoms with Crippen LogP contribution in [0.2, 0.25) is 0 Å². The highest BCUT2D eigenvalue weighted by Gasteiger charge is 2.05. The molecular formula is C9H11F2NO. The van der Waals surface area contributed by atoms with Gasteiger partial charge >= 0.3 is 0 Å². The first kappa shape index (κ1) is 9.92. The van der Waals surface area contributed by atoms with Crippen LogP contribution in [0.15, 0.2) is 24.3 Å². The van der Waals surface area contributed by atoms with Crippen LogP contribution < -0.4 is 10.5 Å². The number of hydrogen-bond donors (Lipinski definition) is 1. The molecule has 0 amide bonds. The lowest BCUT2D eigenvalue weighted by Gasteiger charge is -2.08. The van der Waals surface area contributed by atoms with Crippen molar-refractivity contribution >= 4 is 0 Å². The molecule has 1 aromatic carbocycles. The van der Waals surface area contributed by atoms with E-state index in [0.29, 0.717) is 12.3 Å². The third kappa shape index (κ3) is 2.99. The van der Waals surface area contributed by atoms with Gasteiger partial charge in [-0.05, 0) is 6.07 Å². The molecule has 1 rings (SSSR count). The first-order valence-corrected chi connectivity index (χ1v) is 3.93. The molecule has 0 unspecified atom stereocenters. The number of nitrogens with two attached hydrogens (primary N) is 1. The molecule has 1 aromatic rings. The third-order valence-electron chi connectivity index (χ3n) is 1.56. The van der Waals surface area contributed by atoms with Crippen molar-refractivity contribution in [1.29, 1.82) is 0 Å². The number of ether oxygens (including phenoxy) is 1. The normalized spacial score (nSPS) is 10.5. The Morgan fingerprint density at radius 1 is 1.31 bits per heavy atom. The van der Waals surface area contributed by atoms with Crippen molar-refractivity contribution in [1.82, 2.24) is 0 Å². The smallest absolute Gasteiger partial charge is 0.272 e. The highest BCUT2D eigenvalue weighted by Crippen LogP contribution is 2.17. The zero-order valence-electron chi connectivity index (χ0n) is 7.04. The fraction of sp³-hybridized carbons (Fsp3) is 0.333. The van der Waals surface area contributed by atoms with Crippen molar-refractivity contribution in [2.75, 3.05) is 6.61 Å². The molecule has 0 saturated heterocycles. The Labute approximate surface area is 75.3 Å². The molecule has 0 heterocycles. The quantitative estimate of drug-likeness (QED) is 0.779. The van der Waals surface area contributed by atoms with Crippen molar-refractivity contribution in [3.05, 3.63) is 29.8 Å². The molecule has 0 radical (unpaired) electrons. The summed E-state index contributed by atoms with van der Waals surface area (Å²) in [6, 6.07) is 6.89. The van der Waals surface area contributed by atoms with Crippen LogP contribution in [0, 0.1) is 0 Å². The van der Waals surface area contributed by atoms with Gasteiger partial charge in [-0.1, -0.05) is 18.2 Å². The van der Waals surface area contributed by atoms with Crippen molar-refractivity contribution in [3.8, 4) is 5.75 Å². The molecule has 0 atom stereocenters. The van der Waals surface area contributed by atoms with Crippen LogP contribution in [-0.4, -0.2) is 13.0 Å². The summed E-state index contributed by atoms with van der Waals surface area (Å²) in [5.74, 6) is 0.435. The van der Waals surface area contributed by atoms with Crippen molar-refractivity contribution in [2.24, 2.45) is 5.73 Å². The average Bonchev–Trinajstić information content (AvgIpc) is 2.15. The van der Waals surface area contributed by atoms with Gasteiger partial charge in [0.1, 0.15) is 12.4 Å². The largest absolute Gasteiger partial charge is 0.487 e. The molecule has 0 bridgehead atoms. The van der Waals surface area contributed by atoms with Gasteiger partial charge in [-0.3, -0.25) is 0 Å². The van der Waals surface area contributed by atoms with Gasteiger partial charge in [0.15, 0.2) is 0 Å². The van der Waals surface area contributed by atoms with Crippen molar-refractivity contribution in [3.63, 3.8) is 0 Å². The van der Waals surface area contributed by atoms with E-state index in [1.54, 1.807) is 24.3 Å². The molecule has 4 heteroatoms. The number of halogens is 2. The van der Waals surface area contributed by atoms with E-state index >= 15 is 0 Å². The van der Waals surface area contributed by atoms with Gasteiger partial charge in [-0.15, -0.1) is 0 Å². The topological polar surface area (TPSA) is 35.2 Å². The second-order valence-electron chi connectivity index (χ2n) is 2.51. The van der Waals surface area contributed by atoms with E-state index in [9.17, 15) is 8.78 Å². The molecule has 2 nitrogen and oxygen atoms in total.